The number of hydrogen-bond acceptors (Lipinski definition) is 6. The van der Waals surface area contributed by atoms with Gasteiger partial charge in [-0.25, -0.2) is 0 Å². The smallest absolute Gasteiger partial charge is 0.306 e. The molecule has 0 saturated carbocycles. The van der Waals surface area contributed by atoms with Crippen LogP contribution < -0.4 is 0 Å². The highest BCUT2D eigenvalue weighted by molar-refractivity contribution is 5.71. The summed E-state index contributed by atoms with van der Waals surface area (Å²) >= 11 is 0. The number of rotatable bonds is 46. The van der Waals surface area contributed by atoms with Gasteiger partial charge in [0, 0.05) is 19.3 Å². The summed E-state index contributed by atoms with van der Waals surface area (Å²) in [7, 11) is 0. The van der Waals surface area contributed by atoms with Crippen LogP contribution in [0.1, 0.15) is 265 Å². The molecule has 6 heteroatoms. The van der Waals surface area contributed by atoms with Gasteiger partial charge in [-0.05, 0) is 77.0 Å². The number of esters is 3. The molecule has 0 aromatic carbocycles. The molecular formula is C53H96O6. The molecule has 0 heterocycles. The van der Waals surface area contributed by atoms with Crippen LogP contribution in [0, 0.1) is 0 Å². The van der Waals surface area contributed by atoms with Gasteiger partial charge >= 0.3 is 17.9 Å². The zero-order valence-electron chi connectivity index (χ0n) is 39.3. The van der Waals surface area contributed by atoms with Crippen LogP contribution in [0.15, 0.2) is 36.5 Å². The van der Waals surface area contributed by atoms with Crippen LogP contribution in [0.2, 0.25) is 0 Å². The van der Waals surface area contributed by atoms with E-state index >= 15 is 0 Å². The van der Waals surface area contributed by atoms with Crippen molar-refractivity contribution in [2.75, 3.05) is 13.2 Å². The molecule has 0 rings (SSSR count). The van der Waals surface area contributed by atoms with Crippen molar-refractivity contribution in [1.29, 1.82) is 0 Å². The van der Waals surface area contributed by atoms with E-state index in [1.807, 2.05) is 0 Å². The Balaban J connectivity index is 4.21. The van der Waals surface area contributed by atoms with Crippen molar-refractivity contribution in [1.82, 2.24) is 0 Å². The van der Waals surface area contributed by atoms with Gasteiger partial charge in [0.2, 0.25) is 0 Å². The Bertz CT molecular complexity index is 1000. The van der Waals surface area contributed by atoms with Gasteiger partial charge in [0.15, 0.2) is 6.10 Å². The molecule has 344 valence electrons. The van der Waals surface area contributed by atoms with Gasteiger partial charge in [-0.2, -0.15) is 0 Å². The Kier molecular flexibility index (Phi) is 46.4. The number of carbonyl (C=O) groups is 3. The fraction of sp³-hybridized carbons (Fsp3) is 0.830. The van der Waals surface area contributed by atoms with E-state index < -0.39 is 6.10 Å². The van der Waals surface area contributed by atoms with E-state index in [0.717, 1.165) is 83.5 Å². The van der Waals surface area contributed by atoms with Gasteiger partial charge in [-0.15, -0.1) is 0 Å². The second-order valence-electron chi connectivity index (χ2n) is 17.1. The fourth-order valence-corrected chi connectivity index (χ4v) is 7.23. The van der Waals surface area contributed by atoms with Crippen LogP contribution >= 0.6 is 0 Å². The maximum absolute atomic E-state index is 12.7. The van der Waals surface area contributed by atoms with Gasteiger partial charge in [0.25, 0.3) is 0 Å². The van der Waals surface area contributed by atoms with E-state index in [0.29, 0.717) is 19.3 Å². The highest BCUT2D eigenvalue weighted by Gasteiger charge is 2.19. The van der Waals surface area contributed by atoms with Crippen LogP contribution in [0.4, 0.5) is 0 Å². The zero-order valence-corrected chi connectivity index (χ0v) is 39.3. The molecule has 0 aromatic rings. The average molecular weight is 829 g/mol. The third kappa shape index (κ3) is 46.5. The van der Waals surface area contributed by atoms with E-state index in [1.165, 1.54) is 141 Å². The molecule has 59 heavy (non-hydrogen) atoms. The van der Waals surface area contributed by atoms with Gasteiger partial charge in [0.1, 0.15) is 13.2 Å². The van der Waals surface area contributed by atoms with Gasteiger partial charge in [-0.3, -0.25) is 14.4 Å². The molecule has 0 amide bonds. The monoisotopic (exact) mass is 829 g/mol. The third-order valence-corrected chi connectivity index (χ3v) is 11.1. The number of unbranched alkanes of at least 4 members (excludes halogenated alkanes) is 29. The van der Waals surface area contributed by atoms with Crippen molar-refractivity contribution in [3.8, 4) is 0 Å². The number of carbonyl (C=O) groups excluding carboxylic acids is 3. The lowest BCUT2D eigenvalue weighted by Crippen LogP contribution is -2.30. The zero-order chi connectivity index (χ0) is 43.0. The van der Waals surface area contributed by atoms with Crippen molar-refractivity contribution in [2.24, 2.45) is 0 Å². The summed E-state index contributed by atoms with van der Waals surface area (Å²) in [6, 6.07) is 0. The number of hydrogen-bond donors (Lipinski definition) is 0. The minimum atomic E-state index is -0.774. The lowest BCUT2D eigenvalue weighted by Gasteiger charge is -2.18. The van der Waals surface area contributed by atoms with Crippen molar-refractivity contribution in [3.63, 3.8) is 0 Å². The number of ether oxygens (including phenoxy) is 3. The van der Waals surface area contributed by atoms with Crippen molar-refractivity contribution in [3.05, 3.63) is 36.5 Å². The molecule has 1 atom stereocenters. The molecular weight excluding hydrogens is 733 g/mol. The van der Waals surface area contributed by atoms with E-state index in [9.17, 15) is 14.4 Å². The van der Waals surface area contributed by atoms with Crippen molar-refractivity contribution >= 4 is 17.9 Å². The Hall–Kier alpha value is -2.37. The topological polar surface area (TPSA) is 78.9 Å². The summed E-state index contributed by atoms with van der Waals surface area (Å²) in [4.78, 5) is 37.7. The molecule has 0 aliphatic rings. The highest BCUT2D eigenvalue weighted by atomic mass is 16.6. The molecule has 0 fully saturated rings. The lowest BCUT2D eigenvalue weighted by atomic mass is 10.1. The van der Waals surface area contributed by atoms with Gasteiger partial charge in [-0.1, -0.05) is 205 Å². The largest absolute Gasteiger partial charge is 0.462 e. The minimum Gasteiger partial charge on any atom is -0.462 e. The molecule has 0 aliphatic heterocycles. The maximum atomic E-state index is 12.7. The van der Waals surface area contributed by atoms with Crippen LogP contribution in [-0.2, 0) is 28.6 Å². The maximum Gasteiger partial charge on any atom is 0.306 e. The molecule has 0 aromatic heterocycles. The molecule has 0 radical (unpaired) electrons. The van der Waals surface area contributed by atoms with E-state index in [1.54, 1.807) is 0 Å². The predicted octanol–water partition coefficient (Wildman–Crippen LogP) is 16.5. The Labute approximate surface area is 365 Å². The summed E-state index contributed by atoms with van der Waals surface area (Å²) < 4.78 is 16.7. The molecule has 0 saturated heterocycles. The molecule has 0 N–H and O–H groups in total. The first kappa shape index (κ1) is 56.6. The van der Waals surface area contributed by atoms with E-state index in [2.05, 4.69) is 57.2 Å². The molecule has 0 spiro atoms. The fourth-order valence-electron chi connectivity index (χ4n) is 7.23. The second-order valence-corrected chi connectivity index (χ2v) is 17.1. The third-order valence-electron chi connectivity index (χ3n) is 11.1. The standard InChI is InChI=1S/C53H96O6/c1-4-7-10-13-16-18-20-22-24-26-27-28-30-31-33-35-37-40-43-46-52(55)58-49-50(48-57-51(54)45-42-39-15-12-9-6-3)59-53(56)47-44-41-38-36-34-32-29-25-23-21-19-17-14-11-8-5-2/h19,21-22,24-25,29,50H,4-18,20,23,26-28,30-49H2,1-3H3/b21-19-,24-22-,29-25-. The first-order valence-corrected chi connectivity index (χ1v) is 25.5. The predicted molar refractivity (Wildman–Crippen MR) is 252 cm³/mol. The van der Waals surface area contributed by atoms with Crippen LogP contribution in [-0.4, -0.2) is 37.2 Å². The summed E-state index contributed by atoms with van der Waals surface area (Å²) in [5, 5.41) is 0. The minimum absolute atomic E-state index is 0.0773. The van der Waals surface area contributed by atoms with Gasteiger partial charge in [0.05, 0.1) is 0 Å². The SMILES string of the molecule is CCCCCC/C=C\C/C=C\CCCCCCCC(=O)OC(COC(=O)CCCCCCCC)COC(=O)CCCCCCCCCCC/C=C\CCCCCCCC. The first-order chi connectivity index (χ1) is 29.0. The summed E-state index contributed by atoms with van der Waals surface area (Å²) in [5.74, 6) is -0.896. The van der Waals surface area contributed by atoms with Crippen molar-refractivity contribution < 1.29 is 28.6 Å². The quantitative estimate of drug-likeness (QED) is 0.0263. The highest BCUT2D eigenvalue weighted by Crippen LogP contribution is 2.15. The lowest BCUT2D eigenvalue weighted by molar-refractivity contribution is -0.167. The second kappa shape index (κ2) is 48.3. The van der Waals surface area contributed by atoms with Crippen LogP contribution in [0.3, 0.4) is 0 Å². The number of allylic oxidation sites excluding steroid dienone is 6. The van der Waals surface area contributed by atoms with E-state index in [4.69, 9.17) is 14.2 Å². The van der Waals surface area contributed by atoms with E-state index in [-0.39, 0.29) is 31.1 Å². The summed E-state index contributed by atoms with van der Waals surface area (Å²) in [5.41, 5.74) is 0. The Morgan fingerprint density at radius 2 is 0.610 bits per heavy atom. The molecule has 0 aliphatic carbocycles. The molecule has 0 bridgehead atoms. The Morgan fingerprint density at radius 1 is 0.339 bits per heavy atom. The summed E-state index contributed by atoms with van der Waals surface area (Å²) in [6.45, 7) is 6.56. The summed E-state index contributed by atoms with van der Waals surface area (Å²) in [6.07, 6.45) is 55.8. The first-order valence-electron chi connectivity index (χ1n) is 25.5. The molecule has 6 nitrogen and oxygen atoms in total. The van der Waals surface area contributed by atoms with Crippen LogP contribution in [0.5, 0.6) is 0 Å². The van der Waals surface area contributed by atoms with Crippen LogP contribution in [0.25, 0.3) is 0 Å². The molecule has 1 unspecified atom stereocenters. The Morgan fingerprint density at radius 3 is 0.966 bits per heavy atom. The normalized spacial score (nSPS) is 12.3. The van der Waals surface area contributed by atoms with Gasteiger partial charge < -0.3 is 14.2 Å². The average Bonchev–Trinajstić information content (AvgIpc) is 3.23. The van der Waals surface area contributed by atoms with Crippen molar-refractivity contribution in [2.45, 2.75) is 271 Å².